The predicted molar refractivity (Wildman–Crippen MR) is 91.3 cm³/mol. The third kappa shape index (κ3) is 4.30. The Morgan fingerprint density at radius 3 is 2.56 bits per heavy atom. The van der Waals surface area contributed by atoms with E-state index in [1.165, 1.54) is 0 Å². The van der Waals surface area contributed by atoms with Gasteiger partial charge >= 0.3 is 12.0 Å². The van der Waals surface area contributed by atoms with Gasteiger partial charge in [0.15, 0.2) is 0 Å². The van der Waals surface area contributed by atoms with Crippen molar-refractivity contribution >= 4 is 35.6 Å². The SMILES string of the molecule is CCOC(=O)CSCC(=O)NN1C(=O)N[C@@](C)(c2ccccc2)C1=O. The number of ether oxygens (including phenoxy) is 1. The van der Waals surface area contributed by atoms with Crippen LogP contribution < -0.4 is 10.7 Å². The van der Waals surface area contributed by atoms with Crippen LogP contribution in [0.25, 0.3) is 0 Å². The van der Waals surface area contributed by atoms with E-state index >= 15 is 0 Å². The zero-order chi connectivity index (χ0) is 18.4. The Morgan fingerprint density at radius 2 is 1.92 bits per heavy atom. The van der Waals surface area contributed by atoms with Crippen molar-refractivity contribution in [2.45, 2.75) is 19.4 Å². The van der Waals surface area contributed by atoms with Crippen molar-refractivity contribution in [2.24, 2.45) is 0 Å². The van der Waals surface area contributed by atoms with E-state index in [2.05, 4.69) is 10.7 Å². The molecule has 0 spiro atoms. The first kappa shape index (κ1) is 18.8. The smallest absolute Gasteiger partial charge is 0.344 e. The van der Waals surface area contributed by atoms with E-state index in [0.29, 0.717) is 10.6 Å². The topological polar surface area (TPSA) is 105 Å². The first-order valence-electron chi connectivity index (χ1n) is 7.63. The molecule has 0 aromatic heterocycles. The molecule has 2 rings (SSSR count). The third-order valence-electron chi connectivity index (χ3n) is 3.54. The number of nitrogens with zero attached hydrogens (tertiary/aromatic N) is 1. The highest BCUT2D eigenvalue weighted by Gasteiger charge is 2.49. The molecule has 1 saturated heterocycles. The number of thioether (sulfide) groups is 1. The number of hydrazine groups is 1. The van der Waals surface area contributed by atoms with Crippen LogP contribution >= 0.6 is 11.8 Å². The van der Waals surface area contributed by atoms with E-state index in [4.69, 9.17) is 4.74 Å². The van der Waals surface area contributed by atoms with Gasteiger partial charge in [0.25, 0.3) is 5.91 Å². The minimum absolute atomic E-state index is 0.0170. The molecule has 0 unspecified atom stereocenters. The van der Waals surface area contributed by atoms with Crippen LogP contribution in [-0.4, -0.2) is 46.9 Å². The number of amides is 4. The van der Waals surface area contributed by atoms with Crippen molar-refractivity contribution in [3.63, 3.8) is 0 Å². The van der Waals surface area contributed by atoms with E-state index in [9.17, 15) is 19.2 Å². The van der Waals surface area contributed by atoms with E-state index in [0.717, 1.165) is 11.8 Å². The quantitative estimate of drug-likeness (QED) is 0.547. The molecule has 1 aliphatic rings. The summed E-state index contributed by atoms with van der Waals surface area (Å²) in [5.74, 6) is -1.63. The Kier molecular flexibility index (Phi) is 6.02. The van der Waals surface area contributed by atoms with Gasteiger partial charge in [-0.3, -0.25) is 19.8 Å². The molecule has 134 valence electrons. The molecule has 1 aliphatic heterocycles. The molecular weight excluding hydrogens is 346 g/mol. The fourth-order valence-electron chi connectivity index (χ4n) is 2.29. The van der Waals surface area contributed by atoms with Gasteiger partial charge in [0.05, 0.1) is 18.1 Å². The lowest BCUT2D eigenvalue weighted by Crippen LogP contribution is -2.48. The Morgan fingerprint density at radius 1 is 1.24 bits per heavy atom. The van der Waals surface area contributed by atoms with Gasteiger partial charge in [0, 0.05) is 0 Å². The number of carbonyl (C=O) groups is 4. The number of nitrogens with one attached hydrogen (secondary N) is 2. The standard InChI is InChI=1S/C16H19N3O5S/c1-3-24-13(21)10-25-9-12(20)18-19-14(22)16(2,17-15(19)23)11-7-5-4-6-8-11/h4-8H,3,9-10H2,1-2H3,(H,17,23)(H,18,20)/t16-/m0/s1. The lowest BCUT2D eigenvalue weighted by molar-refractivity contribution is -0.140. The summed E-state index contributed by atoms with van der Waals surface area (Å²) in [6.07, 6.45) is 0. The van der Waals surface area contributed by atoms with E-state index in [-0.39, 0.29) is 18.1 Å². The number of esters is 1. The molecule has 4 amide bonds. The van der Waals surface area contributed by atoms with E-state index in [1.54, 1.807) is 44.2 Å². The number of hydrogen-bond donors (Lipinski definition) is 2. The van der Waals surface area contributed by atoms with Crippen LogP contribution in [0.4, 0.5) is 4.79 Å². The van der Waals surface area contributed by atoms with Crippen molar-refractivity contribution in [3.8, 4) is 0 Å². The summed E-state index contributed by atoms with van der Waals surface area (Å²) >= 11 is 1.04. The van der Waals surface area contributed by atoms with Crippen LogP contribution in [0.2, 0.25) is 0 Å². The van der Waals surface area contributed by atoms with Gasteiger partial charge in [0.2, 0.25) is 5.91 Å². The van der Waals surface area contributed by atoms with Crippen molar-refractivity contribution in [2.75, 3.05) is 18.1 Å². The number of hydrogen-bond acceptors (Lipinski definition) is 6. The van der Waals surface area contributed by atoms with Crippen LogP contribution in [0.5, 0.6) is 0 Å². The average molecular weight is 365 g/mol. The van der Waals surface area contributed by atoms with E-state index < -0.39 is 29.4 Å². The second kappa shape index (κ2) is 8.02. The number of urea groups is 1. The molecule has 1 fully saturated rings. The van der Waals surface area contributed by atoms with Gasteiger partial charge in [-0.15, -0.1) is 11.8 Å². The van der Waals surface area contributed by atoms with Crippen LogP contribution in [0.15, 0.2) is 30.3 Å². The Bertz CT molecular complexity index is 682. The predicted octanol–water partition coefficient (Wildman–Crippen LogP) is 0.781. The largest absolute Gasteiger partial charge is 0.465 e. The molecule has 1 aromatic rings. The van der Waals surface area contributed by atoms with Crippen LogP contribution in [0.3, 0.4) is 0 Å². The second-order valence-corrected chi connectivity index (χ2v) is 6.38. The molecule has 0 radical (unpaired) electrons. The van der Waals surface area contributed by atoms with Gasteiger partial charge in [0.1, 0.15) is 5.54 Å². The van der Waals surface area contributed by atoms with Gasteiger partial charge in [-0.2, -0.15) is 5.01 Å². The fraction of sp³-hybridized carbons (Fsp3) is 0.375. The monoisotopic (exact) mass is 365 g/mol. The summed E-state index contributed by atoms with van der Waals surface area (Å²) in [5, 5.41) is 3.25. The molecule has 8 nitrogen and oxygen atoms in total. The van der Waals surface area contributed by atoms with Crippen LogP contribution in [-0.2, 0) is 24.7 Å². The van der Waals surface area contributed by atoms with Crippen LogP contribution in [0, 0.1) is 0 Å². The highest BCUT2D eigenvalue weighted by atomic mass is 32.2. The van der Waals surface area contributed by atoms with Gasteiger partial charge in [-0.1, -0.05) is 30.3 Å². The van der Waals surface area contributed by atoms with Gasteiger partial charge in [-0.05, 0) is 19.4 Å². The minimum atomic E-state index is -1.25. The lowest BCUT2D eigenvalue weighted by atomic mass is 9.92. The first-order valence-corrected chi connectivity index (χ1v) is 8.79. The first-order chi connectivity index (χ1) is 11.9. The zero-order valence-electron chi connectivity index (χ0n) is 13.9. The maximum Gasteiger partial charge on any atom is 0.344 e. The normalized spacial score (nSPS) is 19.5. The molecule has 1 aromatic carbocycles. The summed E-state index contributed by atoms with van der Waals surface area (Å²) in [5.41, 5.74) is 1.64. The summed E-state index contributed by atoms with van der Waals surface area (Å²) < 4.78 is 4.75. The Hall–Kier alpha value is -2.55. The maximum absolute atomic E-state index is 12.6. The number of rotatable bonds is 7. The van der Waals surface area contributed by atoms with Crippen molar-refractivity contribution < 1.29 is 23.9 Å². The molecule has 0 aliphatic carbocycles. The van der Waals surface area contributed by atoms with Crippen LogP contribution in [0.1, 0.15) is 19.4 Å². The number of carbonyl (C=O) groups excluding carboxylic acids is 4. The molecule has 2 N–H and O–H groups in total. The molecule has 25 heavy (non-hydrogen) atoms. The highest BCUT2D eigenvalue weighted by molar-refractivity contribution is 8.00. The van der Waals surface area contributed by atoms with Crippen molar-refractivity contribution in [1.29, 1.82) is 0 Å². The molecule has 0 bridgehead atoms. The molecule has 1 heterocycles. The lowest BCUT2D eigenvalue weighted by Gasteiger charge is -2.22. The number of benzene rings is 1. The average Bonchev–Trinajstić information content (AvgIpc) is 2.80. The minimum Gasteiger partial charge on any atom is -0.465 e. The van der Waals surface area contributed by atoms with Gasteiger partial charge < -0.3 is 10.1 Å². The number of imide groups is 1. The Balaban J connectivity index is 1.94. The molecule has 9 heteroatoms. The summed E-state index contributed by atoms with van der Waals surface area (Å²) in [7, 11) is 0. The summed E-state index contributed by atoms with van der Waals surface area (Å²) in [6.45, 7) is 3.53. The highest BCUT2D eigenvalue weighted by Crippen LogP contribution is 2.27. The molecule has 1 atom stereocenters. The Labute approximate surface area is 149 Å². The molecular formula is C16H19N3O5S. The zero-order valence-corrected chi connectivity index (χ0v) is 14.7. The van der Waals surface area contributed by atoms with E-state index in [1.807, 2.05) is 0 Å². The van der Waals surface area contributed by atoms with Crippen molar-refractivity contribution in [3.05, 3.63) is 35.9 Å². The summed E-state index contributed by atoms with van der Waals surface area (Å²) in [6, 6.07) is 8.05. The van der Waals surface area contributed by atoms with Gasteiger partial charge in [-0.25, -0.2) is 4.79 Å². The maximum atomic E-state index is 12.6. The second-order valence-electron chi connectivity index (χ2n) is 5.39. The fourth-order valence-corrected chi connectivity index (χ4v) is 2.90. The van der Waals surface area contributed by atoms with Crippen molar-refractivity contribution in [1.82, 2.24) is 15.8 Å². The third-order valence-corrected chi connectivity index (χ3v) is 4.44. The summed E-state index contributed by atoms with van der Waals surface area (Å²) in [4.78, 5) is 47.8. The molecule has 0 saturated carbocycles.